The van der Waals surface area contributed by atoms with E-state index in [1.807, 2.05) is 53.4 Å². The minimum atomic E-state index is 0.0255. The van der Waals surface area contributed by atoms with Crippen LogP contribution in [-0.4, -0.2) is 41.5 Å². The number of carbonyl (C=O) groups excluding carboxylic acids is 1. The highest BCUT2D eigenvalue weighted by atomic mass is 35.5. The number of nitrogens with one attached hydrogen (secondary N) is 1. The number of hydrogen-bond donors (Lipinski definition) is 2. The van der Waals surface area contributed by atoms with Crippen LogP contribution < -0.4 is 11.1 Å². The van der Waals surface area contributed by atoms with E-state index in [2.05, 4.69) is 12.2 Å². The molecule has 1 saturated heterocycles. The topological polar surface area (TPSA) is 71.2 Å². The average molecular weight is 381 g/mol. The third-order valence-electron chi connectivity index (χ3n) is 4.84. The number of rotatable bonds is 2. The molecule has 1 aromatic heterocycles. The molecule has 4 rings (SSSR count). The van der Waals surface area contributed by atoms with Gasteiger partial charge in [0.05, 0.1) is 16.2 Å². The van der Waals surface area contributed by atoms with Crippen molar-refractivity contribution in [3.05, 3.63) is 59.1 Å². The quantitative estimate of drug-likeness (QED) is 0.667. The number of fused-ring (bicyclic) bond motifs is 1. The number of hydrogen-bond acceptors (Lipinski definition) is 4. The van der Waals surface area contributed by atoms with Crippen molar-refractivity contribution in [1.82, 2.24) is 15.2 Å². The van der Waals surface area contributed by atoms with E-state index in [1.165, 1.54) is 0 Å². The number of carbonyl (C=O) groups is 1. The molecule has 0 saturated carbocycles. The maximum atomic E-state index is 12.9. The van der Waals surface area contributed by atoms with Crippen LogP contribution in [0.2, 0.25) is 5.02 Å². The first-order valence-electron chi connectivity index (χ1n) is 9.00. The van der Waals surface area contributed by atoms with Crippen LogP contribution in [0.1, 0.15) is 17.3 Å². The standard InChI is InChI=1S/C21H21ClN4O/c1-13-12-26(8-7-24-13)21(27)15-5-6-17-18(22)11-19(25-20(17)10-15)14-3-2-4-16(23)9-14/h2-6,9-11,13,24H,7-8,12,23H2,1H3/t13-/m1/s1. The molecule has 6 heteroatoms. The van der Waals surface area contributed by atoms with Crippen molar-refractivity contribution in [1.29, 1.82) is 0 Å². The van der Waals surface area contributed by atoms with Crippen LogP contribution >= 0.6 is 11.6 Å². The molecule has 1 atom stereocenters. The zero-order valence-electron chi connectivity index (χ0n) is 15.1. The molecule has 3 aromatic rings. The summed E-state index contributed by atoms with van der Waals surface area (Å²) in [5, 5.41) is 4.78. The fourth-order valence-electron chi connectivity index (χ4n) is 3.46. The number of pyridine rings is 1. The second-order valence-electron chi connectivity index (χ2n) is 6.95. The Balaban J connectivity index is 1.73. The molecule has 1 fully saturated rings. The lowest BCUT2D eigenvalue weighted by atomic mass is 10.1. The normalized spacial score (nSPS) is 17.3. The summed E-state index contributed by atoms with van der Waals surface area (Å²) in [6.45, 7) is 4.30. The summed E-state index contributed by atoms with van der Waals surface area (Å²) in [7, 11) is 0. The number of amides is 1. The van der Waals surface area contributed by atoms with Crippen molar-refractivity contribution < 1.29 is 4.79 Å². The Labute approximate surface area is 163 Å². The Morgan fingerprint density at radius 2 is 2.11 bits per heavy atom. The molecule has 0 radical (unpaired) electrons. The first kappa shape index (κ1) is 17.8. The van der Waals surface area contributed by atoms with Crippen LogP contribution in [0.25, 0.3) is 22.2 Å². The fraction of sp³-hybridized carbons (Fsp3) is 0.238. The lowest BCUT2D eigenvalue weighted by Gasteiger charge is -2.32. The van der Waals surface area contributed by atoms with Crippen molar-refractivity contribution in [2.24, 2.45) is 0 Å². The maximum absolute atomic E-state index is 12.9. The van der Waals surface area contributed by atoms with E-state index in [0.29, 0.717) is 40.9 Å². The monoisotopic (exact) mass is 380 g/mol. The SMILES string of the molecule is C[C@@H]1CN(C(=O)c2ccc3c(Cl)cc(-c4cccc(N)c4)nc3c2)CCN1. The summed E-state index contributed by atoms with van der Waals surface area (Å²) in [4.78, 5) is 19.5. The van der Waals surface area contributed by atoms with E-state index in [1.54, 1.807) is 0 Å². The minimum absolute atomic E-state index is 0.0255. The molecule has 1 aliphatic heterocycles. The number of benzene rings is 2. The van der Waals surface area contributed by atoms with Crippen LogP contribution in [0, 0.1) is 0 Å². The molecule has 2 heterocycles. The summed E-state index contributed by atoms with van der Waals surface area (Å²) in [5.41, 5.74) is 9.52. The van der Waals surface area contributed by atoms with E-state index in [0.717, 1.165) is 23.2 Å². The highest BCUT2D eigenvalue weighted by Gasteiger charge is 2.22. The lowest BCUT2D eigenvalue weighted by molar-refractivity contribution is 0.0709. The molecule has 1 amide bonds. The van der Waals surface area contributed by atoms with Crippen molar-refractivity contribution in [2.45, 2.75) is 13.0 Å². The second kappa shape index (κ2) is 7.18. The first-order valence-corrected chi connectivity index (χ1v) is 9.38. The highest BCUT2D eigenvalue weighted by molar-refractivity contribution is 6.35. The highest BCUT2D eigenvalue weighted by Crippen LogP contribution is 2.29. The van der Waals surface area contributed by atoms with Gasteiger partial charge < -0.3 is 16.0 Å². The van der Waals surface area contributed by atoms with Gasteiger partial charge in [0.15, 0.2) is 0 Å². The van der Waals surface area contributed by atoms with E-state index in [4.69, 9.17) is 22.3 Å². The van der Waals surface area contributed by atoms with Gasteiger partial charge in [0.25, 0.3) is 5.91 Å². The van der Waals surface area contributed by atoms with Crippen LogP contribution in [-0.2, 0) is 0 Å². The van der Waals surface area contributed by atoms with Crippen molar-refractivity contribution in [3.8, 4) is 11.3 Å². The minimum Gasteiger partial charge on any atom is -0.399 e. The Kier molecular flexibility index (Phi) is 4.72. The van der Waals surface area contributed by atoms with E-state index in [9.17, 15) is 4.79 Å². The molecular weight excluding hydrogens is 360 g/mol. The van der Waals surface area contributed by atoms with E-state index < -0.39 is 0 Å². The molecule has 0 aliphatic carbocycles. The van der Waals surface area contributed by atoms with E-state index >= 15 is 0 Å². The summed E-state index contributed by atoms with van der Waals surface area (Å²) in [5.74, 6) is 0.0255. The Morgan fingerprint density at radius 1 is 1.26 bits per heavy atom. The van der Waals surface area contributed by atoms with Gasteiger partial charge in [0, 0.05) is 47.9 Å². The fourth-order valence-corrected chi connectivity index (χ4v) is 3.73. The predicted molar refractivity (Wildman–Crippen MR) is 110 cm³/mol. The smallest absolute Gasteiger partial charge is 0.254 e. The molecule has 3 N–H and O–H groups in total. The van der Waals surface area contributed by atoms with Gasteiger partial charge in [-0.25, -0.2) is 4.98 Å². The van der Waals surface area contributed by atoms with Crippen LogP contribution in [0.4, 0.5) is 5.69 Å². The Morgan fingerprint density at radius 3 is 2.89 bits per heavy atom. The molecule has 5 nitrogen and oxygen atoms in total. The first-order chi connectivity index (χ1) is 13.0. The van der Waals surface area contributed by atoms with Crippen LogP contribution in [0.5, 0.6) is 0 Å². The van der Waals surface area contributed by atoms with Crippen LogP contribution in [0.3, 0.4) is 0 Å². The van der Waals surface area contributed by atoms with Gasteiger partial charge in [0.1, 0.15) is 0 Å². The zero-order chi connectivity index (χ0) is 19.0. The van der Waals surface area contributed by atoms with Crippen LogP contribution in [0.15, 0.2) is 48.5 Å². The van der Waals surface area contributed by atoms with Gasteiger partial charge in [-0.1, -0.05) is 29.8 Å². The molecule has 2 aromatic carbocycles. The predicted octanol–water partition coefficient (Wildman–Crippen LogP) is 3.57. The second-order valence-corrected chi connectivity index (χ2v) is 7.36. The summed E-state index contributed by atoms with van der Waals surface area (Å²) in [6.07, 6.45) is 0. The molecule has 0 spiro atoms. The number of nitrogens with two attached hydrogens (primary N) is 1. The van der Waals surface area contributed by atoms with Gasteiger partial charge in [-0.2, -0.15) is 0 Å². The Hall–Kier alpha value is -2.63. The van der Waals surface area contributed by atoms with Gasteiger partial charge in [0.2, 0.25) is 0 Å². The lowest BCUT2D eigenvalue weighted by Crippen LogP contribution is -2.51. The van der Waals surface area contributed by atoms with Gasteiger partial charge >= 0.3 is 0 Å². The molecule has 27 heavy (non-hydrogen) atoms. The third kappa shape index (κ3) is 3.61. The van der Waals surface area contributed by atoms with Crippen molar-refractivity contribution in [2.75, 3.05) is 25.4 Å². The third-order valence-corrected chi connectivity index (χ3v) is 5.16. The molecule has 1 aliphatic rings. The molecular formula is C21H21ClN4O. The number of nitrogens with zero attached hydrogens (tertiary/aromatic N) is 2. The number of nitrogen functional groups attached to an aromatic ring is 1. The maximum Gasteiger partial charge on any atom is 0.254 e. The number of anilines is 1. The van der Waals surface area contributed by atoms with Crippen molar-refractivity contribution in [3.63, 3.8) is 0 Å². The molecule has 138 valence electrons. The van der Waals surface area contributed by atoms with Gasteiger partial charge in [-0.15, -0.1) is 0 Å². The summed E-state index contributed by atoms with van der Waals surface area (Å²) < 4.78 is 0. The largest absolute Gasteiger partial charge is 0.399 e. The zero-order valence-corrected chi connectivity index (χ0v) is 15.8. The van der Waals surface area contributed by atoms with Gasteiger partial charge in [-0.05, 0) is 37.3 Å². The number of piperazine rings is 1. The van der Waals surface area contributed by atoms with Gasteiger partial charge in [-0.3, -0.25) is 4.79 Å². The molecule has 0 bridgehead atoms. The Bertz CT molecular complexity index is 1020. The van der Waals surface area contributed by atoms with Crippen molar-refractivity contribution >= 4 is 34.1 Å². The molecule has 0 unspecified atom stereocenters. The number of halogens is 1. The van der Waals surface area contributed by atoms with E-state index in [-0.39, 0.29) is 5.91 Å². The summed E-state index contributed by atoms with van der Waals surface area (Å²) >= 11 is 6.48. The number of aromatic nitrogens is 1. The summed E-state index contributed by atoms with van der Waals surface area (Å²) in [6, 6.07) is 15.2. The average Bonchev–Trinajstić information content (AvgIpc) is 2.67.